The molecule has 2 aromatic rings. The molecule has 0 saturated carbocycles. The Kier molecular flexibility index (Phi) is 11.1. The highest BCUT2D eigenvalue weighted by Gasteiger charge is 2.35. The largest absolute Gasteiger partial charge is 0.417 e. The van der Waals surface area contributed by atoms with Crippen LogP contribution in [0.25, 0.3) is 11.3 Å². The summed E-state index contributed by atoms with van der Waals surface area (Å²) in [6.07, 6.45) is 0.704. The van der Waals surface area contributed by atoms with Crippen LogP contribution in [-0.4, -0.2) is 122 Å². The fourth-order valence-corrected chi connectivity index (χ4v) is 9.28. The summed E-state index contributed by atoms with van der Waals surface area (Å²) in [7, 11) is -6.83. The molecule has 4 heterocycles. The van der Waals surface area contributed by atoms with Crippen LogP contribution in [0.3, 0.4) is 0 Å². The lowest BCUT2D eigenvalue weighted by Gasteiger charge is -2.33. The summed E-state index contributed by atoms with van der Waals surface area (Å²) >= 11 is 1.17. The van der Waals surface area contributed by atoms with Crippen molar-refractivity contribution >= 4 is 31.8 Å². The summed E-state index contributed by atoms with van der Waals surface area (Å²) in [5.41, 5.74) is 1.56. The molecule has 0 aliphatic carbocycles. The van der Waals surface area contributed by atoms with Gasteiger partial charge in [0.05, 0.1) is 36.4 Å². The van der Waals surface area contributed by atoms with Gasteiger partial charge in [0.25, 0.3) is 0 Å². The van der Waals surface area contributed by atoms with E-state index in [0.717, 1.165) is 50.2 Å². The number of sulfonamides is 2. The van der Waals surface area contributed by atoms with Crippen molar-refractivity contribution in [2.75, 3.05) is 64.1 Å². The second-order valence-corrected chi connectivity index (χ2v) is 17.4. The van der Waals surface area contributed by atoms with Crippen LogP contribution < -0.4 is 4.72 Å². The van der Waals surface area contributed by atoms with Crippen LogP contribution >= 0.6 is 11.8 Å². The molecule has 17 heteroatoms. The van der Waals surface area contributed by atoms with Gasteiger partial charge in [-0.2, -0.15) is 22.6 Å². The number of aliphatic hydroxyl groups excluding tert-OH is 1. The normalized spacial score (nSPS) is 20.3. The Morgan fingerprint density at radius 2 is 1.72 bits per heavy atom. The van der Waals surface area contributed by atoms with Crippen LogP contribution in [0.4, 0.5) is 13.2 Å². The highest BCUT2D eigenvalue weighted by atomic mass is 32.2. The topological polar surface area (TPSA) is 128 Å². The standard InChI is InChI=1S/C29H43F3N6O5S3/c1-45(40,41)34-22-7-12-36(13-8-22)18-23(39)19-38-26-9-14-37(46(2,42)43)20-24(26)28(33-38)21-5-6-25(29(30,31)32)27(17-21)44-16-15-35-10-3-4-11-35/h5-6,17,22-23,34,39H,3-4,7-16,18-20H2,1-2H3. The quantitative estimate of drug-likeness (QED) is 0.320. The number of β-amino-alcohol motifs (C(OH)–C–C–N with tert-alkyl or cyclic N) is 1. The number of alkyl halides is 3. The van der Waals surface area contributed by atoms with Crippen molar-refractivity contribution in [1.29, 1.82) is 0 Å². The van der Waals surface area contributed by atoms with Crippen LogP contribution in [0.5, 0.6) is 0 Å². The van der Waals surface area contributed by atoms with Gasteiger partial charge in [0.15, 0.2) is 0 Å². The number of halogens is 3. The monoisotopic (exact) mass is 708 g/mol. The zero-order valence-electron chi connectivity index (χ0n) is 26.2. The number of aromatic nitrogens is 2. The number of hydrogen-bond acceptors (Lipinski definition) is 9. The minimum Gasteiger partial charge on any atom is -0.390 e. The minimum atomic E-state index is -4.53. The Labute approximate surface area is 273 Å². The van der Waals surface area contributed by atoms with E-state index in [1.54, 1.807) is 4.68 Å². The van der Waals surface area contributed by atoms with Crippen molar-refractivity contribution < 1.29 is 35.1 Å². The van der Waals surface area contributed by atoms with Gasteiger partial charge >= 0.3 is 6.18 Å². The molecule has 46 heavy (non-hydrogen) atoms. The van der Waals surface area contributed by atoms with E-state index >= 15 is 0 Å². The van der Waals surface area contributed by atoms with E-state index in [2.05, 4.69) is 14.5 Å². The molecule has 5 rings (SSSR count). The molecule has 2 N–H and O–H groups in total. The second kappa shape index (κ2) is 14.4. The van der Waals surface area contributed by atoms with Crippen molar-refractivity contribution in [3.05, 3.63) is 35.0 Å². The highest BCUT2D eigenvalue weighted by molar-refractivity contribution is 7.99. The fraction of sp³-hybridized carbons (Fsp3) is 0.690. The van der Waals surface area contributed by atoms with Crippen molar-refractivity contribution in [3.8, 4) is 11.3 Å². The first-order valence-corrected chi connectivity index (χ1v) is 20.3. The van der Waals surface area contributed by atoms with Crippen LogP contribution in [-0.2, 0) is 45.7 Å². The van der Waals surface area contributed by atoms with E-state index in [-0.39, 0.29) is 30.6 Å². The molecule has 11 nitrogen and oxygen atoms in total. The molecule has 1 aromatic carbocycles. The fourth-order valence-electron chi connectivity index (χ4n) is 6.54. The van der Waals surface area contributed by atoms with Crippen molar-refractivity contribution in [3.63, 3.8) is 0 Å². The number of aliphatic hydroxyl groups is 1. The number of nitrogens with zero attached hydrogens (tertiary/aromatic N) is 5. The molecule has 2 saturated heterocycles. The van der Waals surface area contributed by atoms with E-state index in [4.69, 9.17) is 5.10 Å². The first-order valence-electron chi connectivity index (χ1n) is 15.5. The summed E-state index contributed by atoms with van der Waals surface area (Å²) in [6, 6.07) is 3.83. The third kappa shape index (κ3) is 9.24. The highest BCUT2D eigenvalue weighted by Crippen LogP contribution is 2.40. The molecule has 1 atom stereocenters. The van der Waals surface area contributed by atoms with E-state index in [0.29, 0.717) is 68.0 Å². The van der Waals surface area contributed by atoms with E-state index in [1.807, 2.05) is 0 Å². The maximum absolute atomic E-state index is 14.0. The van der Waals surface area contributed by atoms with Crippen molar-refractivity contribution in [1.82, 2.24) is 28.6 Å². The SMILES string of the molecule is CS(=O)(=O)NC1CCN(CC(O)Cn2nc(-c3ccc(C(F)(F)F)c(SCCN4CCCC4)c3)c3c2CCN(S(C)(=O)=O)C3)CC1. The van der Waals surface area contributed by atoms with Gasteiger partial charge in [-0.3, -0.25) is 4.68 Å². The molecular formula is C29H43F3N6O5S3. The molecule has 0 bridgehead atoms. The lowest BCUT2D eigenvalue weighted by atomic mass is 10.0. The molecule has 258 valence electrons. The van der Waals surface area contributed by atoms with Gasteiger partial charge in [-0.15, -0.1) is 11.8 Å². The number of rotatable bonds is 12. The Balaban J connectivity index is 1.37. The molecular weight excluding hydrogens is 666 g/mol. The second-order valence-electron chi connectivity index (χ2n) is 12.5. The summed E-state index contributed by atoms with van der Waals surface area (Å²) < 4.78 is 95.8. The molecule has 3 aliphatic rings. The number of piperidine rings is 1. The predicted molar refractivity (Wildman–Crippen MR) is 171 cm³/mol. The minimum absolute atomic E-state index is 0.0406. The van der Waals surface area contributed by atoms with Crippen LogP contribution in [0.1, 0.15) is 42.5 Å². The molecule has 1 aromatic heterocycles. The summed E-state index contributed by atoms with van der Waals surface area (Å²) in [4.78, 5) is 4.42. The lowest BCUT2D eigenvalue weighted by molar-refractivity contribution is -0.139. The Morgan fingerprint density at radius 1 is 1.02 bits per heavy atom. The Bertz CT molecular complexity index is 1590. The molecule has 0 spiro atoms. The van der Waals surface area contributed by atoms with Crippen molar-refractivity contribution in [2.24, 2.45) is 0 Å². The first-order chi connectivity index (χ1) is 21.6. The average molecular weight is 709 g/mol. The van der Waals surface area contributed by atoms with Gasteiger partial charge in [-0.25, -0.2) is 21.6 Å². The maximum atomic E-state index is 14.0. The van der Waals surface area contributed by atoms with Gasteiger partial charge in [-0.1, -0.05) is 6.07 Å². The Hall–Kier alpha value is -1.73. The number of benzene rings is 1. The Morgan fingerprint density at radius 3 is 2.35 bits per heavy atom. The van der Waals surface area contributed by atoms with Crippen molar-refractivity contribution in [2.45, 2.75) is 68.4 Å². The third-order valence-corrected chi connectivity index (χ3v) is 11.9. The lowest BCUT2D eigenvalue weighted by Crippen LogP contribution is -2.46. The summed E-state index contributed by atoms with van der Waals surface area (Å²) in [5.74, 6) is 0.509. The van der Waals surface area contributed by atoms with E-state index in [9.17, 15) is 35.1 Å². The van der Waals surface area contributed by atoms with Gasteiger partial charge in [0.2, 0.25) is 20.0 Å². The third-order valence-electron chi connectivity index (χ3n) is 8.81. The summed E-state index contributed by atoms with van der Waals surface area (Å²) in [5, 5.41) is 15.9. The van der Waals surface area contributed by atoms with Gasteiger partial charge in [-0.05, 0) is 64.0 Å². The predicted octanol–water partition coefficient (Wildman–Crippen LogP) is 2.45. The van der Waals surface area contributed by atoms with E-state index < -0.39 is 37.9 Å². The molecule has 0 radical (unpaired) electrons. The van der Waals surface area contributed by atoms with E-state index in [1.165, 1.54) is 28.2 Å². The first kappa shape index (κ1) is 35.6. The number of nitrogens with one attached hydrogen (secondary N) is 1. The maximum Gasteiger partial charge on any atom is 0.417 e. The molecule has 1 unspecified atom stereocenters. The zero-order valence-corrected chi connectivity index (χ0v) is 28.6. The van der Waals surface area contributed by atoms with Crippen LogP contribution in [0.15, 0.2) is 23.1 Å². The number of hydrogen-bond donors (Lipinski definition) is 2. The number of likely N-dealkylation sites (tertiary alicyclic amines) is 2. The summed E-state index contributed by atoms with van der Waals surface area (Å²) in [6.45, 7) is 4.57. The van der Waals surface area contributed by atoms with Crippen LogP contribution in [0, 0.1) is 0 Å². The number of fused-ring (bicyclic) bond motifs is 1. The molecule has 2 fully saturated rings. The molecule has 3 aliphatic heterocycles. The van der Waals surface area contributed by atoms with Gasteiger partial charge in [0, 0.05) is 66.1 Å². The zero-order chi connectivity index (χ0) is 33.3. The smallest absolute Gasteiger partial charge is 0.390 e. The van der Waals surface area contributed by atoms with Gasteiger partial charge < -0.3 is 14.9 Å². The van der Waals surface area contributed by atoms with Gasteiger partial charge in [0.1, 0.15) is 0 Å². The van der Waals surface area contributed by atoms with Crippen LogP contribution in [0.2, 0.25) is 0 Å². The molecule has 0 amide bonds. The number of thioether (sulfide) groups is 1. The average Bonchev–Trinajstić information content (AvgIpc) is 3.60.